The molecule has 2 aromatic rings. The first-order chi connectivity index (χ1) is 9.65. The fraction of sp³-hybridized carbons (Fsp3) is 0.333. The minimum Gasteiger partial charge on any atom is -0.481 e. The van der Waals surface area contributed by atoms with E-state index >= 15 is 0 Å². The van der Waals surface area contributed by atoms with E-state index in [0.717, 1.165) is 12.8 Å². The number of thioether (sulfide) groups is 1. The molecule has 1 aliphatic rings. The van der Waals surface area contributed by atoms with Crippen LogP contribution in [0.3, 0.4) is 0 Å². The van der Waals surface area contributed by atoms with E-state index in [4.69, 9.17) is 16.7 Å². The van der Waals surface area contributed by atoms with Gasteiger partial charge in [-0.05, 0) is 25.0 Å². The second-order valence-corrected chi connectivity index (χ2v) is 5.83. The van der Waals surface area contributed by atoms with Crippen LogP contribution in [0, 0.1) is 0 Å². The molecule has 6 nitrogen and oxygen atoms in total. The number of halogens is 1. The lowest BCUT2D eigenvalue weighted by atomic mass is 10.3. The first-order valence-electron chi connectivity index (χ1n) is 6.06. The summed E-state index contributed by atoms with van der Waals surface area (Å²) in [5.41, 5.74) is 0.691. The number of nitrogens with zero attached hydrogens (tertiary/aromatic N) is 4. The number of rotatable bonds is 5. The second-order valence-electron chi connectivity index (χ2n) is 4.45. The molecule has 0 amide bonds. The third-order valence-corrected chi connectivity index (χ3v) is 4.01. The third-order valence-electron chi connectivity index (χ3n) is 2.86. The zero-order valence-corrected chi connectivity index (χ0v) is 11.9. The van der Waals surface area contributed by atoms with Crippen LogP contribution < -0.4 is 0 Å². The van der Waals surface area contributed by atoms with Gasteiger partial charge >= 0.3 is 5.97 Å². The zero-order chi connectivity index (χ0) is 14.1. The van der Waals surface area contributed by atoms with Crippen molar-refractivity contribution < 1.29 is 9.90 Å². The summed E-state index contributed by atoms with van der Waals surface area (Å²) in [5, 5.41) is 18.2. The van der Waals surface area contributed by atoms with Crippen molar-refractivity contribution in [2.45, 2.75) is 24.0 Å². The van der Waals surface area contributed by atoms with Crippen molar-refractivity contribution in [1.29, 1.82) is 0 Å². The highest BCUT2D eigenvalue weighted by Crippen LogP contribution is 2.40. The van der Waals surface area contributed by atoms with E-state index < -0.39 is 5.97 Å². The largest absolute Gasteiger partial charge is 0.481 e. The number of carboxylic acids is 1. The predicted octanol–water partition coefficient (Wildman–Crippen LogP) is 2.51. The maximum absolute atomic E-state index is 10.7. The van der Waals surface area contributed by atoms with Gasteiger partial charge in [0, 0.05) is 12.2 Å². The molecule has 0 saturated heterocycles. The number of carbonyl (C=O) groups is 1. The highest BCUT2D eigenvalue weighted by atomic mass is 35.5. The number of carboxylic acid groups (broad SMARTS) is 1. The minimum atomic E-state index is -0.869. The molecule has 20 heavy (non-hydrogen) atoms. The van der Waals surface area contributed by atoms with Crippen LogP contribution in [-0.4, -0.2) is 36.6 Å². The zero-order valence-electron chi connectivity index (χ0n) is 10.4. The molecule has 8 heteroatoms. The van der Waals surface area contributed by atoms with Crippen LogP contribution in [0.1, 0.15) is 18.9 Å². The summed E-state index contributed by atoms with van der Waals surface area (Å²) in [4.78, 5) is 14.9. The van der Waals surface area contributed by atoms with E-state index in [0.29, 0.717) is 27.7 Å². The maximum atomic E-state index is 10.7. The Bertz CT molecular complexity index is 639. The van der Waals surface area contributed by atoms with Gasteiger partial charge in [0.05, 0.1) is 10.8 Å². The first kappa shape index (κ1) is 13.4. The Morgan fingerprint density at radius 1 is 1.45 bits per heavy atom. The fourth-order valence-corrected chi connectivity index (χ4v) is 2.68. The Hall–Kier alpha value is -1.60. The summed E-state index contributed by atoms with van der Waals surface area (Å²) in [7, 11) is 0. The molecule has 1 N–H and O–H groups in total. The SMILES string of the molecule is O=C(O)CSc1nnc(-c2ccc(Cl)cn2)n1C1CC1. The molecule has 0 atom stereocenters. The minimum absolute atomic E-state index is 0.0289. The van der Waals surface area contributed by atoms with Crippen molar-refractivity contribution in [2.24, 2.45) is 0 Å². The van der Waals surface area contributed by atoms with Gasteiger partial charge in [-0.15, -0.1) is 10.2 Å². The summed E-state index contributed by atoms with van der Waals surface area (Å²) in [5.74, 6) is -0.234. The summed E-state index contributed by atoms with van der Waals surface area (Å²) in [6, 6.07) is 3.88. The van der Waals surface area contributed by atoms with Gasteiger partial charge in [-0.2, -0.15) is 0 Å². The van der Waals surface area contributed by atoms with Crippen LogP contribution >= 0.6 is 23.4 Å². The molecule has 1 fully saturated rings. The van der Waals surface area contributed by atoms with Crippen molar-refractivity contribution >= 4 is 29.3 Å². The Kier molecular flexibility index (Phi) is 3.62. The van der Waals surface area contributed by atoms with Crippen molar-refractivity contribution in [1.82, 2.24) is 19.7 Å². The molecule has 3 rings (SSSR count). The van der Waals surface area contributed by atoms with Gasteiger partial charge in [-0.25, -0.2) is 0 Å². The Balaban J connectivity index is 1.94. The van der Waals surface area contributed by atoms with Gasteiger partial charge < -0.3 is 5.11 Å². The van der Waals surface area contributed by atoms with E-state index in [-0.39, 0.29) is 5.75 Å². The van der Waals surface area contributed by atoms with Gasteiger partial charge in [0.15, 0.2) is 11.0 Å². The number of aliphatic carboxylic acids is 1. The molecule has 2 aromatic heterocycles. The Labute approximate surface area is 124 Å². The lowest BCUT2D eigenvalue weighted by Gasteiger charge is -2.07. The predicted molar refractivity (Wildman–Crippen MR) is 74.9 cm³/mol. The monoisotopic (exact) mass is 310 g/mol. The van der Waals surface area contributed by atoms with Crippen LogP contribution in [0.15, 0.2) is 23.5 Å². The van der Waals surface area contributed by atoms with E-state index in [2.05, 4.69) is 15.2 Å². The van der Waals surface area contributed by atoms with E-state index in [9.17, 15) is 4.79 Å². The molecule has 0 spiro atoms. The van der Waals surface area contributed by atoms with Crippen molar-refractivity contribution in [3.05, 3.63) is 23.4 Å². The topological polar surface area (TPSA) is 80.9 Å². The second kappa shape index (κ2) is 5.41. The van der Waals surface area contributed by atoms with Gasteiger partial charge in [-0.1, -0.05) is 23.4 Å². The van der Waals surface area contributed by atoms with Crippen molar-refractivity contribution in [3.8, 4) is 11.5 Å². The molecule has 104 valence electrons. The lowest BCUT2D eigenvalue weighted by molar-refractivity contribution is -0.133. The number of aromatic nitrogens is 4. The Morgan fingerprint density at radius 2 is 2.25 bits per heavy atom. The molecule has 0 bridgehead atoms. The average molecular weight is 311 g/mol. The maximum Gasteiger partial charge on any atom is 0.313 e. The quantitative estimate of drug-likeness (QED) is 0.855. The van der Waals surface area contributed by atoms with Gasteiger partial charge in [0.2, 0.25) is 0 Å². The summed E-state index contributed by atoms with van der Waals surface area (Å²) in [6.07, 6.45) is 3.67. The number of hydrogen-bond acceptors (Lipinski definition) is 5. The van der Waals surface area contributed by atoms with Gasteiger partial charge in [0.25, 0.3) is 0 Å². The van der Waals surface area contributed by atoms with Crippen LogP contribution in [-0.2, 0) is 4.79 Å². The smallest absolute Gasteiger partial charge is 0.313 e. The lowest BCUT2D eigenvalue weighted by Crippen LogP contribution is -2.03. The van der Waals surface area contributed by atoms with Crippen LogP contribution in [0.5, 0.6) is 0 Å². The summed E-state index contributed by atoms with van der Waals surface area (Å²) >= 11 is 7.01. The molecule has 0 aromatic carbocycles. The molecule has 0 unspecified atom stereocenters. The van der Waals surface area contributed by atoms with E-state index in [1.807, 2.05) is 4.57 Å². The molecule has 0 aliphatic heterocycles. The van der Waals surface area contributed by atoms with E-state index in [1.54, 1.807) is 18.3 Å². The number of pyridine rings is 1. The van der Waals surface area contributed by atoms with Crippen LogP contribution in [0.25, 0.3) is 11.5 Å². The molecule has 1 saturated carbocycles. The molecular weight excluding hydrogens is 300 g/mol. The van der Waals surface area contributed by atoms with E-state index in [1.165, 1.54) is 11.8 Å². The fourth-order valence-electron chi connectivity index (χ4n) is 1.85. The molecular formula is C12H11ClN4O2S. The summed E-state index contributed by atoms with van der Waals surface area (Å²) in [6.45, 7) is 0. The Morgan fingerprint density at radius 3 is 2.85 bits per heavy atom. The molecule has 1 aliphatic carbocycles. The highest BCUT2D eigenvalue weighted by Gasteiger charge is 2.30. The first-order valence-corrected chi connectivity index (χ1v) is 7.43. The molecule has 0 radical (unpaired) electrons. The molecule has 2 heterocycles. The number of hydrogen-bond donors (Lipinski definition) is 1. The van der Waals surface area contributed by atoms with Crippen molar-refractivity contribution in [2.75, 3.05) is 5.75 Å². The van der Waals surface area contributed by atoms with Gasteiger partial charge in [0.1, 0.15) is 5.69 Å². The van der Waals surface area contributed by atoms with Crippen LogP contribution in [0.4, 0.5) is 0 Å². The van der Waals surface area contributed by atoms with Crippen LogP contribution in [0.2, 0.25) is 5.02 Å². The van der Waals surface area contributed by atoms with Gasteiger partial charge in [-0.3, -0.25) is 14.3 Å². The highest BCUT2D eigenvalue weighted by molar-refractivity contribution is 7.99. The standard InChI is InChI=1S/C12H11ClN4O2S/c13-7-1-4-9(14-5-7)11-15-16-12(20-6-10(18)19)17(11)8-2-3-8/h1,4-5,8H,2-3,6H2,(H,18,19). The average Bonchev–Trinajstić information content (AvgIpc) is 3.17. The van der Waals surface area contributed by atoms with Crippen molar-refractivity contribution in [3.63, 3.8) is 0 Å². The normalized spacial score (nSPS) is 14.4. The third kappa shape index (κ3) is 2.78. The summed E-state index contributed by atoms with van der Waals surface area (Å²) < 4.78 is 1.98.